The first-order valence-corrected chi connectivity index (χ1v) is 7.51. The summed E-state index contributed by atoms with van der Waals surface area (Å²) in [5.74, 6) is -3.87. The zero-order valence-electron chi connectivity index (χ0n) is 13.9. The van der Waals surface area contributed by atoms with Crippen molar-refractivity contribution in [2.45, 2.75) is 12.8 Å². The maximum absolute atomic E-state index is 11.5. The number of carbonyl (C=O) groups excluding carboxylic acids is 2. The number of ether oxygens (including phenoxy) is 2. The summed E-state index contributed by atoms with van der Waals surface area (Å²) in [6.45, 7) is 6.18. The van der Waals surface area contributed by atoms with Gasteiger partial charge in [-0.3, -0.25) is 0 Å². The zero-order chi connectivity index (χ0) is 19.7. The molecule has 0 aromatic heterocycles. The highest BCUT2D eigenvalue weighted by Crippen LogP contribution is 2.22. The standard InChI is InChI=1S/C18H18O8/c1-3-15(19)25-9-7-11-12(8-10-26-16(20)4-2)14(18(23)24)6-5-13(11)17(21)22/h3-6H,1-2,7-10H2,(H,21,22)(H,23,24). The fourth-order valence-corrected chi connectivity index (χ4v) is 2.29. The summed E-state index contributed by atoms with van der Waals surface area (Å²) in [6, 6.07) is 2.35. The smallest absolute Gasteiger partial charge is 0.335 e. The normalized spacial score (nSPS) is 9.85. The summed E-state index contributed by atoms with van der Waals surface area (Å²) < 4.78 is 9.70. The molecule has 0 saturated heterocycles. The Morgan fingerprint density at radius 3 is 1.42 bits per heavy atom. The molecule has 0 spiro atoms. The average Bonchev–Trinajstić information content (AvgIpc) is 2.61. The van der Waals surface area contributed by atoms with Gasteiger partial charge in [0.15, 0.2) is 0 Å². The van der Waals surface area contributed by atoms with E-state index in [1.807, 2.05) is 0 Å². The fourth-order valence-electron chi connectivity index (χ4n) is 2.29. The molecule has 0 fully saturated rings. The number of carboxylic acids is 2. The fraction of sp³-hybridized carbons (Fsp3) is 0.222. The average molecular weight is 362 g/mol. The van der Waals surface area contributed by atoms with Crippen molar-refractivity contribution in [1.29, 1.82) is 0 Å². The molecular formula is C18H18O8. The number of benzene rings is 1. The van der Waals surface area contributed by atoms with Gasteiger partial charge in [0.05, 0.1) is 24.3 Å². The first kappa shape index (κ1) is 20.6. The minimum atomic E-state index is -1.25. The van der Waals surface area contributed by atoms with E-state index >= 15 is 0 Å². The Morgan fingerprint density at radius 2 is 1.15 bits per heavy atom. The van der Waals surface area contributed by atoms with E-state index in [-0.39, 0.29) is 48.3 Å². The third kappa shape index (κ3) is 5.59. The van der Waals surface area contributed by atoms with Gasteiger partial charge >= 0.3 is 23.9 Å². The Bertz CT molecular complexity index is 685. The van der Waals surface area contributed by atoms with E-state index in [9.17, 15) is 29.4 Å². The van der Waals surface area contributed by atoms with E-state index in [0.29, 0.717) is 0 Å². The predicted molar refractivity (Wildman–Crippen MR) is 90.1 cm³/mol. The van der Waals surface area contributed by atoms with Crippen molar-refractivity contribution in [3.8, 4) is 0 Å². The minimum Gasteiger partial charge on any atom is -0.478 e. The summed E-state index contributed by atoms with van der Waals surface area (Å²) in [5.41, 5.74) is 0.164. The van der Waals surface area contributed by atoms with Gasteiger partial charge in [-0.05, 0) is 23.3 Å². The molecule has 2 N–H and O–H groups in total. The van der Waals surface area contributed by atoms with Gasteiger partial charge in [0.2, 0.25) is 0 Å². The quantitative estimate of drug-likeness (QED) is 0.475. The molecule has 1 aromatic rings. The van der Waals surface area contributed by atoms with Crippen molar-refractivity contribution in [1.82, 2.24) is 0 Å². The van der Waals surface area contributed by atoms with Crippen LogP contribution in [0, 0.1) is 0 Å². The number of hydrogen-bond acceptors (Lipinski definition) is 6. The summed E-state index contributed by atoms with van der Waals surface area (Å²) in [5, 5.41) is 18.7. The molecule has 0 atom stereocenters. The van der Waals surface area contributed by atoms with E-state index in [2.05, 4.69) is 13.2 Å². The maximum Gasteiger partial charge on any atom is 0.335 e. The van der Waals surface area contributed by atoms with Crippen LogP contribution in [0.1, 0.15) is 31.8 Å². The summed E-state index contributed by atoms with van der Waals surface area (Å²) >= 11 is 0. The monoisotopic (exact) mass is 362 g/mol. The Morgan fingerprint density at radius 1 is 0.808 bits per heavy atom. The van der Waals surface area contributed by atoms with E-state index in [1.54, 1.807) is 0 Å². The van der Waals surface area contributed by atoms with E-state index in [4.69, 9.17) is 9.47 Å². The zero-order valence-corrected chi connectivity index (χ0v) is 13.9. The van der Waals surface area contributed by atoms with Gasteiger partial charge in [0.25, 0.3) is 0 Å². The number of aromatic carboxylic acids is 2. The highest BCUT2D eigenvalue weighted by Gasteiger charge is 2.21. The van der Waals surface area contributed by atoms with E-state index < -0.39 is 23.9 Å². The predicted octanol–water partition coefficient (Wildman–Crippen LogP) is 1.63. The Kier molecular flexibility index (Phi) is 7.75. The number of hydrogen-bond donors (Lipinski definition) is 2. The molecule has 8 nitrogen and oxygen atoms in total. The first-order valence-electron chi connectivity index (χ1n) is 7.51. The van der Waals surface area contributed by atoms with Crippen LogP contribution in [0.25, 0.3) is 0 Å². The van der Waals surface area contributed by atoms with Crippen LogP contribution in [0.4, 0.5) is 0 Å². The molecule has 0 amide bonds. The van der Waals surface area contributed by atoms with Gasteiger partial charge < -0.3 is 19.7 Å². The number of carboxylic acid groups (broad SMARTS) is 2. The van der Waals surface area contributed by atoms with Crippen LogP contribution in [-0.2, 0) is 31.9 Å². The molecular weight excluding hydrogens is 344 g/mol. The highest BCUT2D eigenvalue weighted by molar-refractivity contribution is 5.95. The van der Waals surface area contributed by atoms with Gasteiger partial charge in [0.1, 0.15) is 0 Å². The lowest BCUT2D eigenvalue weighted by molar-refractivity contribution is -0.138. The third-order valence-corrected chi connectivity index (χ3v) is 3.42. The molecule has 0 unspecified atom stereocenters. The molecule has 1 aromatic carbocycles. The second-order valence-electron chi connectivity index (χ2n) is 4.97. The largest absolute Gasteiger partial charge is 0.478 e. The second kappa shape index (κ2) is 9.77. The molecule has 26 heavy (non-hydrogen) atoms. The molecule has 0 aliphatic carbocycles. The SMILES string of the molecule is C=CC(=O)OCCc1c(C(=O)O)ccc(C(=O)O)c1CCOC(=O)C=C. The Labute approximate surface area is 149 Å². The minimum absolute atomic E-state index is 0.0208. The van der Waals surface area contributed by atoms with Crippen LogP contribution in [0.5, 0.6) is 0 Å². The van der Waals surface area contributed by atoms with Crippen LogP contribution >= 0.6 is 0 Å². The van der Waals surface area contributed by atoms with E-state index in [0.717, 1.165) is 12.2 Å². The molecule has 0 aliphatic rings. The van der Waals surface area contributed by atoms with Gasteiger partial charge in [0, 0.05) is 25.0 Å². The second-order valence-corrected chi connectivity index (χ2v) is 4.97. The molecule has 138 valence electrons. The van der Waals surface area contributed by atoms with Crippen molar-refractivity contribution < 1.29 is 38.9 Å². The first-order chi connectivity index (χ1) is 12.3. The molecule has 1 rings (SSSR count). The van der Waals surface area contributed by atoms with Gasteiger partial charge in [-0.15, -0.1) is 0 Å². The highest BCUT2D eigenvalue weighted by atomic mass is 16.5. The van der Waals surface area contributed by atoms with Gasteiger partial charge in [-0.2, -0.15) is 0 Å². The van der Waals surface area contributed by atoms with Crippen molar-refractivity contribution in [2.24, 2.45) is 0 Å². The number of esters is 2. The van der Waals surface area contributed by atoms with Crippen molar-refractivity contribution in [2.75, 3.05) is 13.2 Å². The third-order valence-electron chi connectivity index (χ3n) is 3.42. The Hall–Kier alpha value is -3.42. The lowest BCUT2D eigenvalue weighted by Crippen LogP contribution is -2.16. The number of rotatable bonds is 10. The molecule has 0 radical (unpaired) electrons. The van der Waals surface area contributed by atoms with Crippen molar-refractivity contribution >= 4 is 23.9 Å². The Balaban J connectivity index is 3.22. The van der Waals surface area contributed by atoms with Crippen LogP contribution in [0.15, 0.2) is 37.4 Å². The summed E-state index contributed by atoms with van der Waals surface area (Å²) in [7, 11) is 0. The van der Waals surface area contributed by atoms with Gasteiger partial charge in [-0.25, -0.2) is 19.2 Å². The van der Waals surface area contributed by atoms with Crippen LogP contribution in [0.2, 0.25) is 0 Å². The van der Waals surface area contributed by atoms with Crippen LogP contribution in [-0.4, -0.2) is 47.3 Å². The molecule has 0 aliphatic heterocycles. The summed E-state index contributed by atoms with van der Waals surface area (Å²) in [6.07, 6.45) is 1.88. The van der Waals surface area contributed by atoms with Crippen LogP contribution in [0.3, 0.4) is 0 Å². The lowest BCUT2D eigenvalue weighted by atomic mass is 9.92. The number of carbonyl (C=O) groups is 4. The topological polar surface area (TPSA) is 127 Å². The van der Waals surface area contributed by atoms with Crippen molar-refractivity contribution in [3.05, 3.63) is 59.7 Å². The van der Waals surface area contributed by atoms with E-state index in [1.165, 1.54) is 12.1 Å². The van der Waals surface area contributed by atoms with Gasteiger partial charge in [-0.1, -0.05) is 13.2 Å². The molecule has 8 heteroatoms. The molecule has 0 bridgehead atoms. The lowest BCUT2D eigenvalue weighted by Gasteiger charge is -2.15. The molecule has 0 heterocycles. The molecule has 0 saturated carbocycles. The van der Waals surface area contributed by atoms with Crippen LogP contribution < -0.4 is 0 Å². The summed E-state index contributed by atoms with van der Waals surface area (Å²) in [4.78, 5) is 45.2. The maximum atomic E-state index is 11.5. The van der Waals surface area contributed by atoms with Crippen molar-refractivity contribution in [3.63, 3.8) is 0 Å².